The van der Waals surface area contributed by atoms with Gasteiger partial charge in [0.05, 0.1) is 12.8 Å². The third kappa shape index (κ3) is 3.31. The van der Waals surface area contributed by atoms with Crippen LogP contribution in [0.2, 0.25) is 0 Å². The third-order valence-electron chi connectivity index (χ3n) is 4.79. The number of fused-ring (bicyclic) bond motifs is 1. The number of anilines is 1. The Hall–Kier alpha value is -2.01. The number of allylic oxidation sites excluding steroid dienone is 1. The van der Waals surface area contributed by atoms with Crippen LogP contribution in [0.15, 0.2) is 40.5 Å². The van der Waals surface area contributed by atoms with E-state index in [4.69, 9.17) is 17.0 Å². The summed E-state index contributed by atoms with van der Waals surface area (Å²) in [5.74, 6) is 0.610. The molecule has 0 saturated carbocycles. The molecule has 2 aromatic rings. The molecule has 1 aromatic carbocycles. The number of hydrogen-bond acceptors (Lipinski definition) is 8. The van der Waals surface area contributed by atoms with Crippen molar-refractivity contribution in [1.29, 1.82) is 0 Å². The van der Waals surface area contributed by atoms with E-state index in [9.17, 15) is 9.59 Å². The Morgan fingerprint density at radius 1 is 1.27 bits per heavy atom. The number of rotatable bonds is 4. The average molecular weight is 478 g/mol. The number of thioether (sulfide) groups is 2. The molecule has 30 heavy (non-hydrogen) atoms. The number of amides is 1. The molecule has 2 aliphatic heterocycles. The van der Waals surface area contributed by atoms with Crippen LogP contribution in [0.5, 0.6) is 5.75 Å². The van der Waals surface area contributed by atoms with Crippen molar-refractivity contribution in [1.82, 2.24) is 9.47 Å². The summed E-state index contributed by atoms with van der Waals surface area (Å²) >= 11 is 9.48. The fourth-order valence-corrected chi connectivity index (χ4v) is 7.24. The van der Waals surface area contributed by atoms with Gasteiger partial charge in [-0.05, 0) is 19.1 Å². The van der Waals surface area contributed by atoms with E-state index < -0.39 is 0 Å². The minimum atomic E-state index is -0.149. The number of methoxy groups -OCH3 is 1. The molecule has 0 aliphatic carbocycles. The molecule has 1 fully saturated rings. The predicted molar refractivity (Wildman–Crippen MR) is 130 cm³/mol. The van der Waals surface area contributed by atoms with Gasteiger partial charge in [0.1, 0.15) is 29.2 Å². The van der Waals surface area contributed by atoms with Crippen LogP contribution in [0.25, 0.3) is 9.93 Å². The fraction of sp³-hybridized carbons (Fsp3) is 0.250. The molecule has 1 amide bonds. The van der Waals surface area contributed by atoms with Crippen molar-refractivity contribution < 1.29 is 9.53 Å². The first-order valence-corrected chi connectivity index (χ1v) is 12.0. The van der Waals surface area contributed by atoms with Gasteiger partial charge in [0, 0.05) is 31.1 Å². The number of aromatic nitrogens is 1. The second kappa shape index (κ2) is 8.26. The van der Waals surface area contributed by atoms with Crippen molar-refractivity contribution in [3.8, 4) is 5.75 Å². The van der Waals surface area contributed by atoms with E-state index >= 15 is 0 Å². The van der Waals surface area contributed by atoms with Gasteiger partial charge in [-0.3, -0.25) is 19.1 Å². The van der Waals surface area contributed by atoms with Gasteiger partial charge >= 0.3 is 0 Å². The highest BCUT2D eigenvalue weighted by atomic mass is 32.2. The lowest BCUT2D eigenvalue weighted by molar-refractivity contribution is -0.120. The van der Waals surface area contributed by atoms with E-state index in [0.717, 1.165) is 21.4 Å². The molecular formula is C20H19N3O3S4. The highest BCUT2D eigenvalue weighted by Gasteiger charge is 2.33. The lowest BCUT2D eigenvalue weighted by Gasteiger charge is -2.13. The first-order valence-electron chi connectivity index (χ1n) is 9.13. The zero-order valence-electron chi connectivity index (χ0n) is 16.6. The van der Waals surface area contributed by atoms with Crippen LogP contribution in [0.3, 0.4) is 0 Å². The summed E-state index contributed by atoms with van der Waals surface area (Å²) in [6.45, 7) is 6.49. The van der Waals surface area contributed by atoms with Crippen molar-refractivity contribution in [2.45, 2.75) is 18.4 Å². The van der Waals surface area contributed by atoms with E-state index in [-0.39, 0.29) is 11.5 Å². The van der Waals surface area contributed by atoms with Gasteiger partial charge < -0.3 is 9.64 Å². The number of thiazole rings is 1. The lowest BCUT2D eigenvalue weighted by Crippen LogP contribution is -2.34. The minimum absolute atomic E-state index is 0.134. The topological polar surface area (TPSA) is 54.8 Å². The van der Waals surface area contributed by atoms with E-state index in [1.54, 1.807) is 34.4 Å². The minimum Gasteiger partial charge on any atom is -0.497 e. The summed E-state index contributed by atoms with van der Waals surface area (Å²) < 4.78 is 8.68. The van der Waals surface area contributed by atoms with Crippen molar-refractivity contribution in [2.24, 2.45) is 0 Å². The zero-order chi connectivity index (χ0) is 21.6. The molecule has 4 rings (SSSR count). The maximum absolute atomic E-state index is 13.3. The van der Waals surface area contributed by atoms with Crippen LogP contribution in [-0.2, 0) is 11.3 Å². The Morgan fingerprint density at radius 3 is 2.67 bits per heavy atom. The molecule has 6 nitrogen and oxygen atoms in total. The summed E-state index contributed by atoms with van der Waals surface area (Å²) in [5, 5.41) is 0.836. The van der Waals surface area contributed by atoms with Crippen molar-refractivity contribution in [3.63, 3.8) is 0 Å². The van der Waals surface area contributed by atoms with E-state index in [2.05, 4.69) is 6.58 Å². The second-order valence-electron chi connectivity index (χ2n) is 6.49. The van der Waals surface area contributed by atoms with Crippen LogP contribution in [0.1, 0.15) is 6.92 Å². The molecule has 0 atom stereocenters. The molecule has 1 saturated heterocycles. The number of hydrogen-bond donors (Lipinski definition) is 0. The van der Waals surface area contributed by atoms with Crippen molar-refractivity contribution >= 4 is 72.9 Å². The molecule has 10 heteroatoms. The molecule has 1 aromatic heterocycles. The summed E-state index contributed by atoms with van der Waals surface area (Å²) in [6, 6.07) is 5.85. The van der Waals surface area contributed by atoms with Crippen LogP contribution in [0.4, 0.5) is 5.69 Å². The summed E-state index contributed by atoms with van der Waals surface area (Å²) in [4.78, 5) is 31.3. The van der Waals surface area contributed by atoms with Crippen LogP contribution in [-0.4, -0.2) is 40.4 Å². The zero-order valence-corrected chi connectivity index (χ0v) is 19.9. The molecule has 0 N–H and O–H groups in total. The predicted octanol–water partition coefficient (Wildman–Crippen LogP) is 2.40. The average Bonchev–Trinajstić information content (AvgIpc) is 3.33. The Labute approximate surface area is 191 Å². The number of carbonyl (C=O) groups is 1. The number of thiocarbonyl (C=S) groups is 1. The highest BCUT2D eigenvalue weighted by molar-refractivity contribution is 8.30. The molecule has 3 heterocycles. The maximum atomic E-state index is 13.3. The van der Waals surface area contributed by atoms with E-state index in [1.807, 2.05) is 37.1 Å². The standard InChI is InChI=1S/C20H19N3O3S4/c1-5-9-23-17(25)14(29-19(23)15-16(24)22(6-2)20(27)30-15)18-21(3)12-10-11(26-4)7-8-13(12)28-18/h5,7-8,10H,1,6,9H2,2-4H3. The van der Waals surface area contributed by atoms with Crippen molar-refractivity contribution in [2.75, 3.05) is 25.6 Å². The number of nitrogens with zero attached hydrogens (tertiary/aromatic N) is 3. The first kappa shape index (κ1) is 21.2. The Kier molecular flexibility index (Phi) is 5.84. The largest absolute Gasteiger partial charge is 0.497 e. The maximum Gasteiger partial charge on any atom is 0.272 e. The van der Waals surface area contributed by atoms with Crippen LogP contribution < -0.4 is 24.4 Å². The molecule has 0 radical (unpaired) electrons. The lowest BCUT2D eigenvalue weighted by atomic mass is 10.3. The van der Waals surface area contributed by atoms with Crippen molar-refractivity contribution in [3.05, 3.63) is 50.4 Å². The molecule has 0 unspecified atom stereocenters. The van der Waals surface area contributed by atoms with Gasteiger partial charge in [0.25, 0.3) is 11.5 Å². The van der Waals surface area contributed by atoms with E-state index in [1.165, 1.54) is 23.1 Å². The van der Waals surface area contributed by atoms with Gasteiger partial charge in [-0.25, -0.2) is 0 Å². The quantitative estimate of drug-likeness (QED) is 0.495. The number of ether oxygens (including phenoxy) is 1. The Balaban J connectivity index is 1.96. The molecule has 156 valence electrons. The van der Waals surface area contributed by atoms with Gasteiger partial charge in [-0.2, -0.15) is 0 Å². The summed E-state index contributed by atoms with van der Waals surface area (Å²) in [6.07, 6.45) is 1.66. The van der Waals surface area contributed by atoms with Gasteiger partial charge in [0.2, 0.25) is 0 Å². The molecular weight excluding hydrogens is 459 g/mol. The van der Waals surface area contributed by atoms with Crippen LogP contribution in [0, 0.1) is 0 Å². The number of carbonyl (C=O) groups excluding carboxylic acids is 1. The van der Waals surface area contributed by atoms with E-state index in [0.29, 0.717) is 31.5 Å². The summed E-state index contributed by atoms with van der Waals surface area (Å²) in [7, 11) is 3.56. The number of benzene rings is 1. The highest BCUT2D eigenvalue weighted by Crippen LogP contribution is 2.46. The smallest absolute Gasteiger partial charge is 0.272 e. The Bertz CT molecular complexity index is 1260. The fourth-order valence-electron chi connectivity index (χ4n) is 3.26. The van der Waals surface area contributed by atoms with Crippen LogP contribution >= 0.6 is 47.1 Å². The van der Waals surface area contributed by atoms with Gasteiger partial charge in [-0.15, -0.1) is 17.9 Å². The van der Waals surface area contributed by atoms with Gasteiger partial charge in [-0.1, -0.05) is 41.8 Å². The SMILES string of the molecule is C=CCn1c(=C2SC(=S)N(CC)C2=O)sc(=C2Sc3ccc(OC)cc3N2C)c1=O. The summed E-state index contributed by atoms with van der Waals surface area (Å²) in [5.41, 5.74) is 0.849. The normalized spacial score (nSPS) is 19.6. The monoisotopic (exact) mass is 477 g/mol. The third-order valence-corrected chi connectivity index (χ3v) is 8.91. The first-order chi connectivity index (χ1) is 14.4. The Morgan fingerprint density at radius 2 is 2.03 bits per heavy atom. The molecule has 0 spiro atoms. The second-order valence-corrected chi connectivity index (χ2v) is 10.2. The van der Waals surface area contributed by atoms with Gasteiger partial charge in [0.15, 0.2) is 0 Å². The molecule has 2 aliphatic rings. The molecule has 0 bridgehead atoms.